The predicted molar refractivity (Wildman–Crippen MR) is 83.0 cm³/mol. The average molecular weight is 294 g/mol. The molecular formula is C17H26O4. The van der Waals surface area contributed by atoms with Gasteiger partial charge in [-0.25, -0.2) is 4.79 Å². The van der Waals surface area contributed by atoms with Gasteiger partial charge in [-0.15, -0.1) is 0 Å². The molecule has 0 heterocycles. The molecule has 0 atom stereocenters. The fourth-order valence-electron chi connectivity index (χ4n) is 2.19. The SMILES string of the molecule is CCCCCCCCOCc1cc(C(=O)O)ccc1OC. The normalized spacial score (nSPS) is 10.6. The molecule has 21 heavy (non-hydrogen) atoms. The first kappa shape index (κ1) is 17.5. The van der Waals surface area contributed by atoms with E-state index in [0.717, 1.165) is 12.0 Å². The standard InChI is InChI=1S/C17H26O4/c1-3-4-5-6-7-8-11-21-13-15-12-14(17(18)19)9-10-16(15)20-2/h9-10,12H,3-8,11,13H2,1-2H3,(H,18,19). The lowest BCUT2D eigenvalue weighted by molar-refractivity contribution is 0.0696. The molecule has 0 amide bonds. The summed E-state index contributed by atoms with van der Waals surface area (Å²) < 4.78 is 10.9. The molecule has 118 valence electrons. The van der Waals surface area contributed by atoms with Crippen LogP contribution in [-0.2, 0) is 11.3 Å². The van der Waals surface area contributed by atoms with Crippen molar-refractivity contribution in [3.8, 4) is 5.75 Å². The number of ether oxygens (including phenoxy) is 2. The molecule has 0 aliphatic carbocycles. The van der Waals surface area contributed by atoms with E-state index in [-0.39, 0.29) is 5.56 Å². The molecule has 0 spiro atoms. The van der Waals surface area contributed by atoms with Crippen LogP contribution in [0, 0.1) is 0 Å². The highest BCUT2D eigenvalue weighted by molar-refractivity contribution is 5.88. The van der Waals surface area contributed by atoms with Crippen molar-refractivity contribution < 1.29 is 19.4 Å². The molecule has 4 heteroatoms. The van der Waals surface area contributed by atoms with Crippen LogP contribution in [0.3, 0.4) is 0 Å². The summed E-state index contributed by atoms with van der Waals surface area (Å²) in [6.45, 7) is 3.30. The van der Waals surface area contributed by atoms with E-state index in [1.165, 1.54) is 32.1 Å². The number of carboxylic acids is 1. The van der Waals surface area contributed by atoms with Gasteiger partial charge in [-0.2, -0.15) is 0 Å². The Bertz CT molecular complexity index is 429. The van der Waals surface area contributed by atoms with E-state index in [9.17, 15) is 4.79 Å². The maximum absolute atomic E-state index is 11.0. The highest BCUT2D eigenvalue weighted by atomic mass is 16.5. The molecule has 0 aromatic heterocycles. The van der Waals surface area contributed by atoms with Gasteiger partial charge in [-0.3, -0.25) is 0 Å². The summed E-state index contributed by atoms with van der Waals surface area (Å²) >= 11 is 0. The van der Waals surface area contributed by atoms with Crippen molar-refractivity contribution in [1.29, 1.82) is 0 Å². The van der Waals surface area contributed by atoms with Gasteiger partial charge in [0.2, 0.25) is 0 Å². The molecule has 1 rings (SSSR count). The number of benzene rings is 1. The van der Waals surface area contributed by atoms with Crippen molar-refractivity contribution in [2.75, 3.05) is 13.7 Å². The van der Waals surface area contributed by atoms with Gasteiger partial charge in [0.05, 0.1) is 19.3 Å². The Hall–Kier alpha value is -1.55. The van der Waals surface area contributed by atoms with E-state index in [1.807, 2.05) is 0 Å². The zero-order valence-corrected chi connectivity index (χ0v) is 13.1. The summed E-state index contributed by atoms with van der Waals surface area (Å²) in [7, 11) is 1.58. The number of methoxy groups -OCH3 is 1. The van der Waals surface area contributed by atoms with Crippen LogP contribution in [0.5, 0.6) is 5.75 Å². The third-order valence-corrected chi connectivity index (χ3v) is 3.43. The Morgan fingerprint density at radius 2 is 1.86 bits per heavy atom. The first-order valence-corrected chi connectivity index (χ1v) is 7.67. The van der Waals surface area contributed by atoms with Crippen LogP contribution in [0.15, 0.2) is 18.2 Å². The Kier molecular flexibility index (Phi) is 8.51. The summed E-state index contributed by atoms with van der Waals surface area (Å²) in [5.74, 6) is -0.266. The number of aromatic carboxylic acids is 1. The van der Waals surface area contributed by atoms with Crippen molar-refractivity contribution in [3.05, 3.63) is 29.3 Å². The van der Waals surface area contributed by atoms with Crippen LogP contribution < -0.4 is 4.74 Å². The fourth-order valence-corrected chi connectivity index (χ4v) is 2.19. The quantitative estimate of drug-likeness (QED) is 0.619. The third-order valence-electron chi connectivity index (χ3n) is 3.43. The smallest absolute Gasteiger partial charge is 0.335 e. The van der Waals surface area contributed by atoms with Crippen LogP contribution >= 0.6 is 0 Å². The lowest BCUT2D eigenvalue weighted by atomic mass is 10.1. The molecule has 0 radical (unpaired) electrons. The second-order valence-corrected chi connectivity index (χ2v) is 5.15. The third kappa shape index (κ3) is 6.63. The van der Waals surface area contributed by atoms with Crippen molar-refractivity contribution in [2.24, 2.45) is 0 Å². The van der Waals surface area contributed by atoms with E-state index in [4.69, 9.17) is 14.6 Å². The summed E-state index contributed by atoms with van der Waals surface area (Å²) in [5.41, 5.74) is 1.04. The minimum Gasteiger partial charge on any atom is -0.496 e. The fraction of sp³-hybridized carbons (Fsp3) is 0.588. The highest BCUT2D eigenvalue weighted by Crippen LogP contribution is 2.21. The zero-order valence-electron chi connectivity index (χ0n) is 13.1. The molecule has 1 N–H and O–H groups in total. The van der Waals surface area contributed by atoms with Crippen LogP contribution in [0.25, 0.3) is 0 Å². The molecular weight excluding hydrogens is 268 g/mol. The molecule has 0 saturated carbocycles. The van der Waals surface area contributed by atoms with E-state index in [0.29, 0.717) is 19.0 Å². The minimum absolute atomic E-state index is 0.258. The first-order valence-electron chi connectivity index (χ1n) is 7.67. The second-order valence-electron chi connectivity index (χ2n) is 5.15. The number of carbonyl (C=O) groups is 1. The number of rotatable bonds is 11. The summed E-state index contributed by atoms with van der Waals surface area (Å²) in [5, 5.41) is 9.00. The zero-order chi connectivity index (χ0) is 15.5. The van der Waals surface area contributed by atoms with E-state index in [1.54, 1.807) is 25.3 Å². The van der Waals surface area contributed by atoms with E-state index >= 15 is 0 Å². The van der Waals surface area contributed by atoms with Crippen molar-refractivity contribution in [2.45, 2.75) is 52.1 Å². The van der Waals surface area contributed by atoms with E-state index < -0.39 is 5.97 Å². The molecule has 0 fully saturated rings. The number of hydrogen-bond donors (Lipinski definition) is 1. The van der Waals surface area contributed by atoms with Crippen molar-refractivity contribution in [3.63, 3.8) is 0 Å². The molecule has 1 aromatic carbocycles. The van der Waals surface area contributed by atoms with E-state index in [2.05, 4.69) is 6.92 Å². The number of hydrogen-bond acceptors (Lipinski definition) is 3. The highest BCUT2D eigenvalue weighted by Gasteiger charge is 2.09. The second kappa shape index (κ2) is 10.2. The summed E-state index contributed by atoms with van der Waals surface area (Å²) in [6.07, 6.45) is 7.35. The molecule has 0 saturated heterocycles. The maximum atomic E-state index is 11.0. The lowest BCUT2D eigenvalue weighted by Gasteiger charge is -2.10. The Morgan fingerprint density at radius 3 is 2.52 bits per heavy atom. The topological polar surface area (TPSA) is 55.8 Å². The van der Waals surface area contributed by atoms with Gasteiger partial charge in [-0.05, 0) is 24.6 Å². The minimum atomic E-state index is -0.935. The summed E-state index contributed by atoms with van der Waals surface area (Å²) in [6, 6.07) is 4.83. The van der Waals surface area contributed by atoms with Gasteiger partial charge in [0.25, 0.3) is 0 Å². The molecule has 0 bridgehead atoms. The van der Waals surface area contributed by atoms with Crippen LogP contribution in [0.2, 0.25) is 0 Å². The van der Waals surface area contributed by atoms with Crippen LogP contribution in [0.4, 0.5) is 0 Å². The largest absolute Gasteiger partial charge is 0.496 e. The van der Waals surface area contributed by atoms with Gasteiger partial charge >= 0.3 is 5.97 Å². The van der Waals surface area contributed by atoms with Crippen molar-refractivity contribution in [1.82, 2.24) is 0 Å². The predicted octanol–water partition coefficient (Wildman–Crippen LogP) is 4.27. The van der Waals surface area contributed by atoms with Crippen molar-refractivity contribution >= 4 is 5.97 Å². The van der Waals surface area contributed by atoms with Gasteiger partial charge in [0.15, 0.2) is 0 Å². The average Bonchev–Trinajstić information content (AvgIpc) is 2.49. The van der Waals surface area contributed by atoms with Gasteiger partial charge in [-0.1, -0.05) is 39.0 Å². The first-order chi connectivity index (χ1) is 10.2. The van der Waals surface area contributed by atoms with Gasteiger partial charge in [0.1, 0.15) is 5.75 Å². The lowest BCUT2D eigenvalue weighted by Crippen LogP contribution is -2.02. The molecule has 0 aliphatic rings. The molecule has 0 aliphatic heterocycles. The maximum Gasteiger partial charge on any atom is 0.335 e. The van der Waals surface area contributed by atoms with Gasteiger partial charge < -0.3 is 14.6 Å². The Labute approximate surface area is 127 Å². The number of carboxylic acid groups (broad SMARTS) is 1. The van der Waals surface area contributed by atoms with Crippen LogP contribution in [-0.4, -0.2) is 24.8 Å². The molecule has 4 nitrogen and oxygen atoms in total. The molecule has 1 aromatic rings. The monoisotopic (exact) mass is 294 g/mol. The molecule has 0 unspecified atom stereocenters. The van der Waals surface area contributed by atoms with Crippen LogP contribution in [0.1, 0.15) is 61.4 Å². The summed E-state index contributed by atoms with van der Waals surface area (Å²) in [4.78, 5) is 11.0. The Balaban J connectivity index is 2.33. The number of unbranched alkanes of at least 4 members (excludes halogenated alkanes) is 5. The van der Waals surface area contributed by atoms with Gasteiger partial charge in [0, 0.05) is 12.2 Å². The Morgan fingerprint density at radius 1 is 1.14 bits per heavy atom.